The van der Waals surface area contributed by atoms with Crippen LogP contribution >= 0.6 is 0 Å². The number of nitrogens with one attached hydrogen (secondary N) is 1. The molecule has 2 nitrogen and oxygen atoms in total. The van der Waals surface area contributed by atoms with Gasteiger partial charge in [-0.2, -0.15) is 0 Å². The Morgan fingerprint density at radius 2 is 2.00 bits per heavy atom. The van der Waals surface area contributed by atoms with Gasteiger partial charge in [-0.1, -0.05) is 12.2 Å². The van der Waals surface area contributed by atoms with Crippen molar-refractivity contribution in [2.75, 3.05) is 26.3 Å². The molecule has 0 radical (unpaired) electrons. The van der Waals surface area contributed by atoms with Crippen LogP contribution in [0.15, 0.2) is 25.3 Å². The van der Waals surface area contributed by atoms with Gasteiger partial charge in [0.1, 0.15) is 0 Å². The summed E-state index contributed by atoms with van der Waals surface area (Å²) >= 11 is 0. The van der Waals surface area contributed by atoms with Gasteiger partial charge in [0.15, 0.2) is 0 Å². The molecule has 0 aliphatic heterocycles. The number of ether oxygens (including phenoxy) is 1. The van der Waals surface area contributed by atoms with Crippen LogP contribution in [0.2, 0.25) is 0 Å². The van der Waals surface area contributed by atoms with Crippen molar-refractivity contribution >= 4 is 0 Å². The second-order valence-corrected chi connectivity index (χ2v) is 2.54. The van der Waals surface area contributed by atoms with Crippen LogP contribution in [-0.4, -0.2) is 26.3 Å². The molecule has 0 unspecified atom stereocenters. The third-order valence-electron chi connectivity index (χ3n) is 1.41. The van der Waals surface area contributed by atoms with Gasteiger partial charge < -0.3 is 10.1 Å². The second kappa shape index (κ2) is 10.4. The normalized spacial score (nSPS) is 9.67. The summed E-state index contributed by atoms with van der Waals surface area (Å²) in [5.41, 5.74) is 0. The number of hydrogen-bond donors (Lipinski definition) is 1. The largest absolute Gasteiger partial charge is 0.380 e. The highest BCUT2D eigenvalue weighted by Gasteiger charge is 1.86. The Bertz CT molecular complexity index is 98.4. The molecule has 0 fully saturated rings. The molecular weight excluding hydrogens is 150 g/mol. The molecule has 12 heavy (non-hydrogen) atoms. The molecule has 1 N–H and O–H groups in total. The van der Waals surface area contributed by atoms with E-state index in [-0.39, 0.29) is 0 Å². The molecule has 0 aromatic rings. The number of allylic oxidation sites excluding steroid dienone is 1. The van der Waals surface area contributed by atoms with Crippen molar-refractivity contribution in [3.8, 4) is 0 Å². The van der Waals surface area contributed by atoms with Gasteiger partial charge in [0, 0.05) is 19.7 Å². The van der Waals surface area contributed by atoms with Gasteiger partial charge in [0.25, 0.3) is 0 Å². The maximum atomic E-state index is 5.34. The highest BCUT2D eigenvalue weighted by atomic mass is 16.5. The average Bonchev–Trinajstić information content (AvgIpc) is 2.10. The summed E-state index contributed by atoms with van der Waals surface area (Å²) in [5, 5.41) is 3.16. The van der Waals surface area contributed by atoms with Crippen LogP contribution in [0.4, 0.5) is 0 Å². The van der Waals surface area contributed by atoms with Crippen LogP contribution in [0, 0.1) is 0 Å². The van der Waals surface area contributed by atoms with Crippen LogP contribution in [0.5, 0.6) is 0 Å². The average molecular weight is 169 g/mol. The van der Waals surface area contributed by atoms with E-state index in [9.17, 15) is 0 Å². The lowest BCUT2D eigenvalue weighted by molar-refractivity contribution is 0.135. The quantitative estimate of drug-likeness (QED) is 0.419. The van der Waals surface area contributed by atoms with E-state index in [0.717, 1.165) is 39.1 Å². The molecule has 0 atom stereocenters. The first kappa shape index (κ1) is 11.4. The van der Waals surface area contributed by atoms with Crippen molar-refractivity contribution < 1.29 is 4.74 Å². The molecule has 0 saturated heterocycles. The molecule has 0 aliphatic rings. The summed E-state index contributed by atoms with van der Waals surface area (Å²) in [4.78, 5) is 0. The summed E-state index contributed by atoms with van der Waals surface area (Å²) in [6.45, 7) is 10.6. The standard InChI is InChI=1S/C10H19NO/c1-3-5-6-9-12-10-8-11-7-4-2/h3-4,11H,1-2,5-10H2. The molecule has 0 aromatic heterocycles. The Balaban J connectivity index is 2.81. The van der Waals surface area contributed by atoms with E-state index in [4.69, 9.17) is 4.74 Å². The maximum Gasteiger partial charge on any atom is 0.0591 e. The minimum Gasteiger partial charge on any atom is -0.380 e. The zero-order valence-corrected chi connectivity index (χ0v) is 7.72. The van der Waals surface area contributed by atoms with Crippen molar-refractivity contribution in [1.82, 2.24) is 5.32 Å². The summed E-state index contributed by atoms with van der Waals surface area (Å²) in [7, 11) is 0. The predicted molar refractivity (Wildman–Crippen MR) is 53.3 cm³/mol. The first-order valence-electron chi connectivity index (χ1n) is 4.42. The Kier molecular flexibility index (Phi) is 9.88. The number of rotatable bonds is 9. The monoisotopic (exact) mass is 169 g/mol. The molecular formula is C10H19NO. The Labute approximate surface area is 75.3 Å². The van der Waals surface area contributed by atoms with Crippen molar-refractivity contribution in [3.63, 3.8) is 0 Å². The summed E-state index contributed by atoms with van der Waals surface area (Å²) < 4.78 is 5.34. The van der Waals surface area contributed by atoms with Gasteiger partial charge in [-0.25, -0.2) is 0 Å². The van der Waals surface area contributed by atoms with Crippen molar-refractivity contribution in [1.29, 1.82) is 0 Å². The van der Waals surface area contributed by atoms with Crippen LogP contribution in [0.1, 0.15) is 12.8 Å². The summed E-state index contributed by atoms with van der Waals surface area (Å²) in [6, 6.07) is 0. The van der Waals surface area contributed by atoms with Crippen molar-refractivity contribution in [2.45, 2.75) is 12.8 Å². The molecule has 0 heterocycles. The third-order valence-corrected chi connectivity index (χ3v) is 1.41. The van der Waals surface area contributed by atoms with E-state index in [1.165, 1.54) is 0 Å². The second-order valence-electron chi connectivity index (χ2n) is 2.54. The lowest BCUT2D eigenvalue weighted by Gasteiger charge is -2.02. The van der Waals surface area contributed by atoms with Gasteiger partial charge in [-0.05, 0) is 12.8 Å². The molecule has 0 bridgehead atoms. The van der Waals surface area contributed by atoms with E-state index in [2.05, 4.69) is 18.5 Å². The van der Waals surface area contributed by atoms with Gasteiger partial charge in [-0.3, -0.25) is 0 Å². The molecule has 0 rings (SSSR count). The molecule has 0 amide bonds. The van der Waals surface area contributed by atoms with E-state index >= 15 is 0 Å². The fourth-order valence-electron chi connectivity index (χ4n) is 0.780. The molecule has 70 valence electrons. The molecule has 2 heteroatoms. The van der Waals surface area contributed by atoms with Crippen LogP contribution < -0.4 is 5.32 Å². The maximum absolute atomic E-state index is 5.34. The predicted octanol–water partition coefficient (Wildman–Crippen LogP) is 1.74. The highest BCUT2D eigenvalue weighted by molar-refractivity contribution is 4.69. The van der Waals surface area contributed by atoms with E-state index in [0.29, 0.717) is 0 Å². The van der Waals surface area contributed by atoms with Crippen LogP contribution in [-0.2, 0) is 4.74 Å². The lowest BCUT2D eigenvalue weighted by Crippen LogP contribution is -2.19. The summed E-state index contributed by atoms with van der Waals surface area (Å²) in [6.07, 6.45) is 5.88. The van der Waals surface area contributed by atoms with Gasteiger partial charge in [0.05, 0.1) is 6.61 Å². The highest BCUT2D eigenvalue weighted by Crippen LogP contribution is 1.89. The van der Waals surface area contributed by atoms with Gasteiger partial charge in [-0.15, -0.1) is 13.2 Å². The topological polar surface area (TPSA) is 21.3 Å². The SMILES string of the molecule is C=CCCCOCCNCC=C. The zero-order chi connectivity index (χ0) is 9.07. The molecule has 0 aliphatic carbocycles. The fourth-order valence-corrected chi connectivity index (χ4v) is 0.780. The van der Waals surface area contributed by atoms with Gasteiger partial charge in [0.2, 0.25) is 0 Å². The van der Waals surface area contributed by atoms with Gasteiger partial charge >= 0.3 is 0 Å². The number of unbranched alkanes of at least 4 members (excludes halogenated alkanes) is 1. The van der Waals surface area contributed by atoms with Crippen LogP contribution in [0.25, 0.3) is 0 Å². The Morgan fingerprint density at radius 1 is 1.17 bits per heavy atom. The fraction of sp³-hybridized carbons (Fsp3) is 0.600. The minimum absolute atomic E-state index is 0.783. The number of hydrogen-bond acceptors (Lipinski definition) is 2. The van der Waals surface area contributed by atoms with E-state index in [1.807, 2.05) is 12.2 Å². The van der Waals surface area contributed by atoms with Crippen molar-refractivity contribution in [2.24, 2.45) is 0 Å². The Morgan fingerprint density at radius 3 is 2.67 bits per heavy atom. The molecule has 0 spiro atoms. The Hall–Kier alpha value is -0.600. The van der Waals surface area contributed by atoms with Crippen molar-refractivity contribution in [3.05, 3.63) is 25.3 Å². The molecule has 0 aromatic carbocycles. The zero-order valence-electron chi connectivity index (χ0n) is 7.72. The smallest absolute Gasteiger partial charge is 0.0591 e. The van der Waals surface area contributed by atoms with E-state index in [1.54, 1.807) is 0 Å². The van der Waals surface area contributed by atoms with E-state index < -0.39 is 0 Å². The summed E-state index contributed by atoms with van der Waals surface area (Å²) in [5.74, 6) is 0. The lowest BCUT2D eigenvalue weighted by atomic mass is 10.3. The first-order valence-corrected chi connectivity index (χ1v) is 4.42. The molecule has 0 saturated carbocycles. The third kappa shape index (κ3) is 9.40. The minimum atomic E-state index is 0.783. The van der Waals surface area contributed by atoms with Crippen LogP contribution in [0.3, 0.4) is 0 Å². The first-order chi connectivity index (χ1) is 5.91.